The number of hydrogen-bond donors (Lipinski definition) is 0. The molecule has 0 heterocycles. The quantitative estimate of drug-likeness (QED) is 0.181. The Morgan fingerprint density at radius 3 is 1.15 bits per heavy atom. The van der Waals surface area contributed by atoms with Gasteiger partial charge in [0, 0.05) is 0 Å². The first-order chi connectivity index (χ1) is 22.8. The average molecular weight is 583 g/mol. The summed E-state index contributed by atoms with van der Waals surface area (Å²) in [6.45, 7) is 0. The first kappa shape index (κ1) is 26.4. The molecule has 0 atom stereocenters. The molecule has 0 heteroatoms. The molecule has 0 bridgehead atoms. The molecule has 9 aromatic carbocycles. The van der Waals surface area contributed by atoms with Crippen molar-refractivity contribution in [2.45, 2.75) is 0 Å². The lowest BCUT2D eigenvalue weighted by molar-refractivity contribution is 1.61. The van der Waals surface area contributed by atoms with E-state index in [0.29, 0.717) is 0 Å². The number of fused-ring (bicyclic) bond motifs is 4. The summed E-state index contributed by atoms with van der Waals surface area (Å²) in [6.07, 6.45) is 0. The number of rotatable bonds is 4. The SMILES string of the molecule is c1ccc(-c2ccccc2-c2c3cccc(-c4cccc5ccccc45)c3cc3c(-c4cccc5ccccc45)cccc23)cc1. The van der Waals surface area contributed by atoms with Crippen molar-refractivity contribution in [3.05, 3.63) is 182 Å². The van der Waals surface area contributed by atoms with Gasteiger partial charge in [-0.1, -0.05) is 176 Å². The lowest BCUT2D eigenvalue weighted by Crippen LogP contribution is -1.93. The molecule has 0 N–H and O–H groups in total. The zero-order valence-corrected chi connectivity index (χ0v) is 25.3. The van der Waals surface area contributed by atoms with E-state index in [1.54, 1.807) is 0 Å². The zero-order valence-electron chi connectivity index (χ0n) is 25.3. The Morgan fingerprint density at radius 1 is 0.217 bits per heavy atom. The zero-order chi connectivity index (χ0) is 30.5. The molecule has 0 nitrogen and oxygen atoms in total. The Hall–Kier alpha value is -5.98. The maximum atomic E-state index is 2.45. The van der Waals surface area contributed by atoms with Gasteiger partial charge in [-0.3, -0.25) is 0 Å². The summed E-state index contributed by atoms with van der Waals surface area (Å²) in [5, 5.41) is 10.1. The van der Waals surface area contributed by atoms with Crippen molar-refractivity contribution in [3.8, 4) is 44.5 Å². The van der Waals surface area contributed by atoms with Gasteiger partial charge in [-0.05, 0) is 93.7 Å². The molecule has 0 saturated heterocycles. The Morgan fingerprint density at radius 2 is 0.587 bits per heavy atom. The van der Waals surface area contributed by atoms with E-state index in [1.807, 2.05) is 0 Å². The molecule has 0 aliphatic rings. The average Bonchev–Trinajstić information content (AvgIpc) is 3.13. The smallest absolute Gasteiger partial charge is 0.00201 e. The van der Waals surface area contributed by atoms with E-state index in [-0.39, 0.29) is 0 Å². The molecule has 0 aliphatic heterocycles. The largest absolute Gasteiger partial charge is 0.0622 e. The van der Waals surface area contributed by atoms with E-state index in [9.17, 15) is 0 Å². The van der Waals surface area contributed by atoms with Crippen LogP contribution in [0.4, 0.5) is 0 Å². The summed E-state index contributed by atoms with van der Waals surface area (Å²) in [6, 6.07) is 66.6. The molecule has 0 aliphatic carbocycles. The maximum Gasteiger partial charge on any atom is -0.00201 e. The monoisotopic (exact) mass is 582 g/mol. The molecule has 0 radical (unpaired) electrons. The highest BCUT2D eigenvalue weighted by molar-refractivity contribution is 6.22. The number of hydrogen-bond acceptors (Lipinski definition) is 0. The predicted octanol–water partition coefficient (Wildman–Crippen LogP) is 13.0. The van der Waals surface area contributed by atoms with Crippen LogP contribution in [-0.2, 0) is 0 Å². The highest BCUT2D eigenvalue weighted by Gasteiger charge is 2.19. The Balaban J connectivity index is 1.46. The second kappa shape index (κ2) is 10.9. The van der Waals surface area contributed by atoms with Gasteiger partial charge < -0.3 is 0 Å². The maximum absolute atomic E-state index is 2.45. The topological polar surface area (TPSA) is 0 Å². The van der Waals surface area contributed by atoms with Crippen molar-refractivity contribution in [2.24, 2.45) is 0 Å². The molecule has 9 rings (SSSR count). The Kier molecular flexibility index (Phi) is 6.25. The van der Waals surface area contributed by atoms with Gasteiger partial charge >= 0.3 is 0 Å². The van der Waals surface area contributed by atoms with Crippen LogP contribution in [0.2, 0.25) is 0 Å². The van der Waals surface area contributed by atoms with Crippen LogP contribution in [-0.4, -0.2) is 0 Å². The molecule has 0 amide bonds. The molecule has 9 aromatic rings. The normalized spacial score (nSPS) is 11.5. The van der Waals surface area contributed by atoms with Gasteiger partial charge in [0.2, 0.25) is 0 Å². The van der Waals surface area contributed by atoms with Crippen LogP contribution in [0.1, 0.15) is 0 Å². The molecular formula is C46H30. The highest BCUT2D eigenvalue weighted by Crippen LogP contribution is 2.46. The van der Waals surface area contributed by atoms with Gasteiger partial charge in [0.25, 0.3) is 0 Å². The third-order valence-corrected chi connectivity index (χ3v) is 9.48. The fourth-order valence-corrected chi connectivity index (χ4v) is 7.42. The van der Waals surface area contributed by atoms with Gasteiger partial charge in [-0.15, -0.1) is 0 Å². The molecule has 0 spiro atoms. The van der Waals surface area contributed by atoms with E-state index in [1.165, 1.54) is 87.6 Å². The van der Waals surface area contributed by atoms with Crippen LogP contribution in [0, 0.1) is 0 Å². The summed E-state index contributed by atoms with van der Waals surface area (Å²) in [5.74, 6) is 0. The van der Waals surface area contributed by atoms with Crippen LogP contribution in [0.25, 0.3) is 87.6 Å². The minimum atomic E-state index is 1.22. The molecule has 46 heavy (non-hydrogen) atoms. The van der Waals surface area contributed by atoms with E-state index >= 15 is 0 Å². The van der Waals surface area contributed by atoms with Crippen LogP contribution in [0.3, 0.4) is 0 Å². The fraction of sp³-hybridized carbons (Fsp3) is 0. The van der Waals surface area contributed by atoms with E-state index in [2.05, 4.69) is 182 Å². The molecule has 0 saturated carbocycles. The summed E-state index contributed by atoms with van der Waals surface area (Å²) in [4.78, 5) is 0. The lowest BCUT2D eigenvalue weighted by atomic mass is 9.83. The molecule has 214 valence electrons. The summed E-state index contributed by atoms with van der Waals surface area (Å²) in [5.41, 5.74) is 10.00. The lowest BCUT2D eigenvalue weighted by Gasteiger charge is -2.20. The van der Waals surface area contributed by atoms with E-state index in [4.69, 9.17) is 0 Å². The van der Waals surface area contributed by atoms with Gasteiger partial charge in [0.1, 0.15) is 0 Å². The van der Waals surface area contributed by atoms with Crippen molar-refractivity contribution in [3.63, 3.8) is 0 Å². The molecule has 0 fully saturated rings. The fourth-order valence-electron chi connectivity index (χ4n) is 7.42. The summed E-state index contributed by atoms with van der Waals surface area (Å²) in [7, 11) is 0. The van der Waals surface area contributed by atoms with Crippen molar-refractivity contribution >= 4 is 43.1 Å². The van der Waals surface area contributed by atoms with Crippen LogP contribution in [0.15, 0.2) is 182 Å². The standard InChI is InChI=1S/C46H30/c1-2-14-31(15-3-1)36-22-8-9-23-41(36)46-42-28-12-26-39(37-24-10-18-32-16-4-6-20-34(32)37)44(42)30-45-40(27-13-29-43(45)46)38-25-11-19-33-17-5-7-21-35(33)38/h1-30H. The van der Waals surface area contributed by atoms with Gasteiger partial charge in [-0.25, -0.2) is 0 Å². The van der Waals surface area contributed by atoms with Crippen molar-refractivity contribution < 1.29 is 0 Å². The van der Waals surface area contributed by atoms with Crippen LogP contribution < -0.4 is 0 Å². The van der Waals surface area contributed by atoms with Crippen molar-refractivity contribution in [1.29, 1.82) is 0 Å². The first-order valence-electron chi connectivity index (χ1n) is 15.9. The molecule has 0 aromatic heterocycles. The summed E-state index contributed by atoms with van der Waals surface area (Å²) >= 11 is 0. The third-order valence-electron chi connectivity index (χ3n) is 9.48. The first-order valence-corrected chi connectivity index (χ1v) is 15.9. The predicted molar refractivity (Wildman–Crippen MR) is 198 cm³/mol. The Bertz CT molecular complexity index is 2420. The highest BCUT2D eigenvalue weighted by atomic mass is 14.2. The van der Waals surface area contributed by atoms with Gasteiger partial charge in [0.05, 0.1) is 0 Å². The van der Waals surface area contributed by atoms with E-state index < -0.39 is 0 Å². The minimum Gasteiger partial charge on any atom is -0.0622 e. The number of benzene rings is 9. The van der Waals surface area contributed by atoms with Crippen LogP contribution >= 0.6 is 0 Å². The van der Waals surface area contributed by atoms with E-state index in [0.717, 1.165) is 0 Å². The Labute approximate surface area is 268 Å². The molecular weight excluding hydrogens is 553 g/mol. The molecule has 0 unspecified atom stereocenters. The second-order valence-electron chi connectivity index (χ2n) is 12.0. The third kappa shape index (κ3) is 4.23. The van der Waals surface area contributed by atoms with Gasteiger partial charge in [-0.2, -0.15) is 0 Å². The minimum absolute atomic E-state index is 1.22. The van der Waals surface area contributed by atoms with Gasteiger partial charge in [0.15, 0.2) is 0 Å². The second-order valence-corrected chi connectivity index (χ2v) is 12.0. The van der Waals surface area contributed by atoms with Crippen molar-refractivity contribution in [1.82, 2.24) is 0 Å². The summed E-state index contributed by atoms with van der Waals surface area (Å²) < 4.78 is 0. The van der Waals surface area contributed by atoms with Crippen LogP contribution in [0.5, 0.6) is 0 Å². The van der Waals surface area contributed by atoms with Crippen molar-refractivity contribution in [2.75, 3.05) is 0 Å².